The molecule has 108 valence electrons. The largest absolute Gasteiger partial charge is 0.318 e. The summed E-state index contributed by atoms with van der Waals surface area (Å²) in [7, 11) is 0. The molecule has 1 amide bonds. The summed E-state index contributed by atoms with van der Waals surface area (Å²) in [6, 6.07) is 6.94. The van der Waals surface area contributed by atoms with Gasteiger partial charge in [-0.2, -0.15) is 5.26 Å². The van der Waals surface area contributed by atoms with Gasteiger partial charge in [-0.25, -0.2) is 4.98 Å². The van der Waals surface area contributed by atoms with Crippen LogP contribution in [0, 0.1) is 11.3 Å². The molecule has 1 heterocycles. The van der Waals surface area contributed by atoms with Crippen LogP contribution in [0.3, 0.4) is 0 Å². The number of aromatic amines is 1. The van der Waals surface area contributed by atoms with Gasteiger partial charge in [0.2, 0.25) is 5.82 Å². The smallest absolute Gasteiger partial charge is 0.295 e. The Bertz CT molecular complexity index is 724. The van der Waals surface area contributed by atoms with Crippen LogP contribution in [0.5, 0.6) is 0 Å². The van der Waals surface area contributed by atoms with Crippen LogP contribution in [0.2, 0.25) is 0 Å². The maximum Gasteiger partial charge on any atom is 0.295 e. The van der Waals surface area contributed by atoms with E-state index in [1.807, 2.05) is 26.8 Å². The molecule has 0 fully saturated rings. The number of H-pyrrole nitrogens is 1. The number of rotatable bonds is 2. The quantitative estimate of drug-likeness (QED) is 0.872. The number of hydrogen-bond donors (Lipinski definition) is 2. The maximum absolute atomic E-state index is 12.1. The minimum atomic E-state index is -0.410. The van der Waals surface area contributed by atoms with E-state index in [-0.39, 0.29) is 11.2 Å². The molecule has 0 spiro atoms. The summed E-state index contributed by atoms with van der Waals surface area (Å²) < 4.78 is 0.626. The number of anilines is 1. The Morgan fingerprint density at radius 1 is 1.43 bits per heavy atom. The highest BCUT2D eigenvalue weighted by molar-refractivity contribution is 9.10. The molecule has 0 bridgehead atoms. The van der Waals surface area contributed by atoms with E-state index in [2.05, 4.69) is 36.4 Å². The van der Waals surface area contributed by atoms with E-state index in [1.165, 1.54) is 0 Å². The van der Waals surface area contributed by atoms with Crippen molar-refractivity contribution in [3.63, 3.8) is 0 Å². The van der Waals surface area contributed by atoms with E-state index in [0.29, 0.717) is 21.5 Å². The van der Waals surface area contributed by atoms with Gasteiger partial charge in [-0.05, 0) is 34.1 Å². The van der Waals surface area contributed by atoms with Gasteiger partial charge in [-0.3, -0.25) is 9.89 Å². The fourth-order valence-corrected chi connectivity index (χ4v) is 2.04. The standard InChI is InChI=1S/C14H14BrN5O/c1-14(2,3)13-18-11(19-20-13)12(21)17-10-5-4-8(7-16)6-9(10)15/h4-6H,1-3H3,(H,17,21)(H,18,19,20). The zero-order valence-corrected chi connectivity index (χ0v) is 13.4. The number of benzene rings is 1. The normalized spacial score (nSPS) is 11.0. The summed E-state index contributed by atoms with van der Waals surface area (Å²) >= 11 is 3.31. The molecular formula is C14H14BrN5O. The fourth-order valence-electron chi connectivity index (χ4n) is 1.56. The number of hydrogen-bond acceptors (Lipinski definition) is 4. The van der Waals surface area contributed by atoms with E-state index in [9.17, 15) is 4.79 Å². The van der Waals surface area contributed by atoms with Crippen LogP contribution in [-0.4, -0.2) is 21.1 Å². The summed E-state index contributed by atoms with van der Waals surface area (Å²) in [6.45, 7) is 5.94. The van der Waals surface area contributed by atoms with Crippen LogP contribution in [-0.2, 0) is 5.41 Å². The molecule has 0 atom stereocenters. The lowest BCUT2D eigenvalue weighted by Gasteiger charge is -2.12. The molecule has 0 aliphatic carbocycles. The fraction of sp³-hybridized carbons (Fsp3) is 0.286. The summed E-state index contributed by atoms with van der Waals surface area (Å²) in [5.74, 6) is 0.315. The highest BCUT2D eigenvalue weighted by Crippen LogP contribution is 2.24. The minimum absolute atomic E-state index is 0.0798. The first-order valence-corrected chi connectivity index (χ1v) is 7.04. The van der Waals surface area contributed by atoms with Gasteiger partial charge in [0.25, 0.3) is 5.91 Å². The van der Waals surface area contributed by atoms with Crippen molar-refractivity contribution in [2.24, 2.45) is 0 Å². The number of nitriles is 1. The predicted octanol–water partition coefficient (Wildman–Crippen LogP) is 2.99. The van der Waals surface area contributed by atoms with Crippen molar-refractivity contribution < 1.29 is 4.79 Å². The Hall–Kier alpha value is -2.20. The van der Waals surface area contributed by atoms with Crippen LogP contribution in [0.25, 0.3) is 0 Å². The van der Waals surface area contributed by atoms with Gasteiger partial charge in [0.1, 0.15) is 5.82 Å². The average molecular weight is 348 g/mol. The van der Waals surface area contributed by atoms with E-state index >= 15 is 0 Å². The number of aromatic nitrogens is 3. The van der Waals surface area contributed by atoms with Crippen molar-refractivity contribution in [2.75, 3.05) is 5.32 Å². The molecule has 6 nitrogen and oxygen atoms in total. The number of nitrogens with one attached hydrogen (secondary N) is 2. The second-order valence-corrected chi connectivity index (χ2v) is 6.37. The van der Waals surface area contributed by atoms with Crippen molar-refractivity contribution in [1.29, 1.82) is 5.26 Å². The number of halogens is 1. The number of carbonyl (C=O) groups excluding carboxylic acids is 1. The second kappa shape index (κ2) is 5.66. The highest BCUT2D eigenvalue weighted by Gasteiger charge is 2.21. The highest BCUT2D eigenvalue weighted by atomic mass is 79.9. The molecule has 21 heavy (non-hydrogen) atoms. The topological polar surface area (TPSA) is 94.5 Å². The van der Waals surface area contributed by atoms with Crippen LogP contribution in [0.4, 0.5) is 5.69 Å². The van der Waals surface area contributed by atoms with Gasteiger partial charge in [0.15, 0.2) is 0 Å². The monoisotopic (exact) mass is 347 g/mol. The molecule has 0 saturated heterocycles. The molecule has 1 aromatic carbocycles. The Labute approximate surface area is 130 Å². The third-order valence-electron chi connectivity index (χ3n) is 2.75. The molecule has 1 aromatic heterocycles. The van der Waals surface area contributed by atoms with Gasteiger partial charge in [-0.1, -0.05) is 20.8 Å². The van der Waals surface area contributed by atoms with Crippen molar-refractivity contribution in [2.45, 2.75) is 26.2 Å². The molecule has 2 N–H and O–H groups in total. The van der Waals surface area contributed by atoms with E-state index in [4.69, 9.17) is 5.26 Å². The van der Waals surface area contributed by atoms with Crippen LogP contribution < -0.4 is 5.32 Å². The third-order valence-corrected chi connectivity index (χ3v) is 3.40. The lowest BCUT2D eigenvalue weighted by atomic mass is 9.96. The van der Waals surface area contributed by atoms with Gasteiger partial charge in [0.05, 0.1) is 17.3 Å². The zero-order chi connectivity index (χ0) is 15.6. The second-order valence-electron chi connectivity index (χ2n) is 5.52. The molecule has 0 saturated carbocycles. The van der Waals surface area contributed by atoms with Gasteiger partial charge < -0.3 is 5.32 Å². The number of nitrogens with zero attached hydrogens (tertiary/aromatic N) is 3. The van der Waals surface area contributed by atoms with Crippen LogP contribution in [0.15, 0.2) is 22.7 Å². The Kier molecular flexibility index (Phi) is 4.09. The molecule has 7 heteroatoms. The maximum atomic E-state index is 12.1. The molecule has 2 rings (SSSR count). The van der Waals surface area contributed by atoms with Crippen molar-refractivity contribution >= 4 is 27.5 Å². The predicted molar refractivity (Wildman–Crippen MR) is 81.9 cm³/mol. The lowest BCUT2D eigenvalue weighted by molar-refractivity contribution is 0.101. The molecular weight excluding hydrogens is 334 g/mol. The number of amides is 1. The minimum Gasteiger partial charge on any atom is -0.318 e. The van der Waals surface area contributed by atoms with E-state index in [1.54, 1.807) is 18.2 Å². The SMILES string of the molecule is CC(C)(C)c1nc(C(=O)Nc2ccc(C#N)cc2Br)n[nH]1. The van der Waals surface area contributed by atoms with Gasteiger partial charge in [-0.15, -0.1) is 5.10 Å². The zero-order valence-electron chi connectivity index (χ0n) is 11.9. The first-order valence-electron chi connectivity index (χ1n) is 6.25. The first kappa shape index (κ1) is 15.2. The average Bonchev–Trinajstić information content (AvgIpc) is 2.90. The third kappa shape index (κ3) is 3.47. The molecule has 0 unspecified atom stereocenters. The summed E-state index contributed by atoms with van der Waals surface area (Å²) in [5.41, 5.74) is 0.856. The Morgan fingerprint density at radius 3 is 2.67 bits per heavy atom. The molecule has 2 aromatic rings. The van der Waals surface area contributed by atoms with Crippen LogP contribution in [0.1, 0.15) is 42.8 Å². The van der Waals surface area contributed by atoms with Gasteiger partial charge in [0, 0.05) is 9.89 Å². The summed E-state index contributed by atoms with van der Waals surface area (Å²) in [5, 5.41) is 18.2. The van der Waals surface area contributed by atoms with Crippen molar-refractivity contribution in [3.8, 4) is 6.07 Å². The summed E-state index contributed by atoms with van der Waals surface area (Å²) in [4.78, 5) is 16.3. The van der Waals surface area contributed by atoms with E-state index in [0.717, 1.165) is 0 Å². The van der Waals surface area contributed by atoms with Gasteiger partial charge >= 0.3 is 0 Å². The van der Waals surface area contributed by atoms with Crippen molar-refractivity contribution in [3.05, 3.63) is 39.9 Å². The van der Waals surface area contributed by atoms with Crippen molar-refractivity contribution in [1.82, 2.24) is 15.2 Å². The van der Waals surface area contributed by atoms with E-state index < -0.39 is 5.91 Å². The Morgan fingerprint density at radius 2 is 2.14 bits per heavy atom. The lowest BCUT2D eigenvalue weighted by Crippen LogP contribution is -2.16. The Balaban J connectivity index is 2.19. The summed E-state index contributed by atoms with van der Waals surface area (Å²) in [6.07, 6.45) is 0. The first-order chi connectivity index (χ1) is 9.81. The molecule has 0 radical (unpaired) electrons. The molecule has 0 aliphatic rings. The molecule has 0 aliphatic heterocycles. The van der Waals surface area contributed by atoms with Crippen LogP contribution >= 0.6 is 15.9 Å². The number of carbonyl (C=O) groups is 1.